The molecule has 0 unspecified atom stereocenters. The van der Waals surface area contributed by atoms with E-state index in [2.05, 4.69) is 31.0 Å². The van der Waals surface area contributed by atoms with Crippen LogP contribution in [0.2, 0.25) is 0 Å². The van der Waals surface area contributed by atoms with Crippen LogP contribution in [-0.4, -0.2) is 125 Å². The lowest BCUT2D eigenvalue weighted by Crippen LogP contribution is -2.52. The van der Waals surface area contributed by atoms with E-state index in [4.69, 9.17) is 47.4 Å². The molecule has 0 aromatic heterocycles. The molecular weight excluding hydrogens is 785 g/mol. The summed E-state index contributed by atoms with van der Waals surface area (Å²) in [6.45, 7) is 6.46. The van der Waals surface area contributed by atoms with Gasteiger partial charge in [0.25, 0.3) is 0 Å². The molecule has 3 aromatic carbocycles. The van der Waals surface area contributed by atoms with Crippen molar-refractivity contribution in [3.63, 3.8) is 0 Å². The predicted molar refractivity (Wildman–Crippen MR) is 233 cm³/mol. The Morgan fingerprint density at radius 3 is 1.62 bits per heavy atom. The second-order valence-corrected chi connectivity index (χ2v) is 15.2. The van der Waals surface area contributed by atoms with Gasteiger partial charge in [-0.1, -0.05) is 19.8 Å². The van der Waals surface area contributed by atoms with Gasteiger partial charge in [0.1, 0.15) is 6.04 Å². The van der Waals surface area contributed by atoms with Crippen molar-refractivity contribution < 1.29 is 61.4 Å². The first kappa shape index (κ1) is 48.3. The minimum absolute atomic E-state index is 0.0228. The number of unbranched alkanes of at least 4 members (excludes halogenated alkanes) is 2. The van der Waals surface area contributed by atoms with E-state index in [1.54, 1.807) is 56.9 Å². The molecule has 2 atom stereocenters. The van der Waals surface area contributed by atoms with Crippen LogP contribution in [0.3, 0.4) is 0 Å². The highest BCUT2D eigenvalue weighted by molar-refractivity contribution is 5.91. The van der Waals surface area contributed by atoms with Crippen molar-refractivity contribution in [1.29, 1.82) is 0 Å². The van der Waals surface area contributed by atoms with Crippen molar-refractivity contribution in [2.45, 2.75) is 64.5 Å². The molecule has 0 radical (unpaired) electrons. The molecule has 61 heavy (non-hydrogen) atoms. The summed E-state index contributed by atoms with van der Waals surface area (Å²) in [4.78, 5) is 27.6. The normalized spacial score (nSPS) is 15.8. The monoisotopic (exact) mass is 851 g/mol. The number of methoxy groups -OCH3 is 8. The van der Waals surface area contributed by atoms with Crippen LogP contribution in [0.15, 0.2) is 48.6 Å². The summed E-state index contributed by atoms with van der Waals surface area (Å²) < 4.78 is 56.6. The maximum Gasteiger partial charge on any atom is 0.331 e. The zero-order valence-corrected chi connectivity index (χ0v) is 37.9. The van der Waals surface area contributed by atoms with Gasteiger partial charge in [0.15, 0.2) is 34.5 Å². The fourth-order valence-corrected chi connectivity index (χ4v) is 8.04. The first-order chi connectivity index (χ1) is 29.5. The smallest absolute Gasteiger partial charge is 0.331 e. The molecule has 0 bridgehead atoms. The molecule has 0 amide bonds. The second kappa shape index (κ2) is 24.2. The Kier molecular flexibility index (Phi) is 19.2. The van der Waals surface area contributed by atoms with E-state index in [9.17, 15) is 9.59 Å². The lowest BCUT2D eigenvalue weighted by Gasteiger charge is -2.46. The Morgan fingerprint density at radius 2 is 1.11 bits per heavy atom. The number of benzene rings is 3. The Balaban J connectivity index is 1.33. The summed E-state index contributed by atoms with van der Waals surface area (Å²) in [6.07, 6.45) is 8.30. The maximum atomic E-state index is 12.7. The molecule has 336 valence electrons. The molecule has 3 aromatic rings. The summed E-state index contributed by atoms with van der Waals surface area (Å²) in [5, 5.41) is 0. The van der Waals surface area contributed by atoms with Gasteiger partial charge in [-0.3, -0.25) is 4.90 Å². The third-order valence-corrected chi connectivity index (χ3v) is 11.3. The third-order valence-electron chi connectivity index (χ3n) is 11.3. The molecule has 1 aliphatic heterocycles. The molecule has 0 fully saturated rings. The average molecular weight is 852 g/mol. The van der Waals surface area contributed by atoms with Crippen molar-refractivity contribution in [3.8, 4) is 46.0 Å². The van der Waals surface area contributed by atoms with Gasteiger partial charge in [-0.2, -0.15) is 0 Å². The van der Waals surface area contributed by atoms with Gasteiger partial charge in [-0.15, -0.1) is 0 Å². The number of carbonyl (C=O) groups excluding carboxylic acids is 2. The minimum atomic E-state index is -0.596. The number of likely N-dealkylation sites (N-methyl/N-ethyl adjacent to an activating group) is 1. The number of hydrogen-bond donors (Lipinski definition) is 0. The van der Waals surface area contributed by atoms with E-state index in [0.29, 0.717) is 82.8 Å². The summed E-state index contributed by atoms with van der Waals surface area (Å²) >= 11 is 0. The lowest BCUT2D eigenvalue weighted by molar-refractivity contribution is -0.941. The summed E-state index contributed by atoms with van der Waals surface area (Å²) in [5.41, 5.74) is 4.42. The molecule has 14 nitrogen and oxygen atoms in total. The quantitative estimate of drug-likeness (QED) is 0.0351. The molecule has 0 saturated carbocycles. The average Bonchev–Trinajstić information content (AvgIpc) is 3.28. The molecule has 0 N–H and O–H groups in total. The highest BCUT2D eigenvalue weighted by Crippen LogP contribution is 2.45. The molecule has 4 rings (SSSR count). The molecule has 1 heterocycles. The Morgan fingerprint density at radius 1 is 0.623 bits per heavy atom. The van der Waals surface area contributed by atoms with Crippen LogP contribution in [0, 0.1) is 0 Å². The van der Waals surface area contributed by atoms with Crippen molar-refractivity contribution in [3.05, 3.63) is 70.8 Å². The van der Waals surface area contributed by atoms with Gasteiger partial charge in [0, 0.05) is 50.1 Å². The summed E-state index contributed by atoms with van der Waals surface area (Å²) in [7, 11) is 15.1. The molecule has 0 spiro atoms. The molecular formula is C47H67N2O12+. The van der Waals surface area contributed by atoms with Gasteiger partial charge >= 0.3 is 11.9 Å². The van der Waals surface area contributed by atoms with Crippen molar-refractivity contribution in [2.24, 2.45) is 0 Å². The van der Waals surface area contributed by atoms with Crippen LogP contribution in [0.1, 0.15) is 67.3 Å². The van der Waals surface area contributed by atoms with Crippen LogP contribution in [-0.2, 0) is 38.4 Å². The number of fused-ring (bicyclic) bond motifs is 1. The number of quaternary nitrogens is 1. The minimum Gasteiger partial charge on any atom is -0.493 e. The van der Waals surface area contributed by atoms with E-state index in [1.807, 2.05) is 24.3 Å². The highest BCUT2D eigenvalue weighted by atomic mass is 16.5. The van der Waals surface area contributed by atoms with Gasteiger partial charge < -0.3 is 51.9 Å². The van der Waals surface area contributed by atoms with Crippen molar-refractivity contribution >= 4 is 11.9 Å². The zero-order chi connectivity index (χ0) is 44.4. The van der Waals surface area contributed by atoms with Crippen LogP contribution in [0.25, 0.3) is 0 Å². The number of nitrogens with zero attached hydrogens (tertiary/aromatic N) is 2. The fraction of sp³-hybridized carbons (Fsp3) is 0.532. The Bertz CT molecular complexity index is 1870. The molecule has 0 aliphatic carbocycles. The first-order valence-corrected chi connectivity index (χ1v) is 20.9. The van der Waals surface area contributed by atoms with E-state index < -0.39 is 11.9 Å². The number of rotatable bonds is 26. The fourth-order valence-electron chi connectivity index (χ4n) is 8.04. The van der Waals surface area contributed by atoms with Gasteiger partial charge in [-0.25, -0.2) is 9.59 Å². The Hall–Kier alpha value is -5.34. The SMILES string of the molecule is CCCCCN(CCCOC(=O)/C=C\C(=O)OCCC[N@+]1(C)CCc2cc(OC)c(OC)cc2[C@H]1Cc1cc(OC)c(OC)c(OC)c1)Cc1cc(OC)c(OC)c(OC)c1. The van der Waals surface area contributed by atoms with E-state index >= 15 is 0 Å². The van der Waals surface area contributed by atoms with Crippen LogP contribution >= 0.6 is 0 Å². The maximum absolute atomic E-state index is 12.7. The van der Waals surface area contributed by atoms with E-state index in [-0.39, 0.29) is 19.3 Å². The van der Waals surface area contributed by atoms with Crippen LogP contribution in [0.4, 0.5) is 0 Å². The molecule has 1 aliphatic rings. The number of esters is 2. The predicted octanol–water partition coefficient (Wildman–Crippen LogP) is 7.16. The van der Waals surface area contributed by atoms with Gasteiger partial charge in [-0.05, 0) is 72.5 Å². The van der Waals surface area contributed by atoms with Crippen LogP contribution < -0.4 is 37.9 Å². The summed E-state index contributed by atoms with van der Waals surface area (Å²) in [6, 6.07) is 12.1. The molecule has 0 saturated heterocycles. The molecule has 14 heteroatoms. The van der Waals surface area contributed by atoms with Crippen molar-refractivity contribution in [2.75, 3.05) is 103 Å². The van der Waals surface area contributed by atoms with Crippen LogP contribution in [0.5, 0.6) is 46.0 Å². The third kappa shape index (κ3) is 13.1. The number of carbonyl (C=O) groups is 2. The zero-order valence-electron chi connectivity index (χ0n) is 37.9. The van der Waals surface area contributed by atoms with Crippen molar-refractivity contribution in [1.82, 2.24) is 4.90 Å². The second-order valence-electron chi connectivity index (χ2n) is 15.2. The standard InChI is InChI=1S/C47H67N2O12/c1-11-12-13-19-48(32-34-28-42(56-7)47(59-10)43(29-34)57-8)20-14-23-60-44(50)16-17-45(51)61-24-15-21-49(2)22-18-35-30-38(52-3)39(53-4)31-36(35)37(49)25-33-26-40(54-5)46(58-9)41(27-33)55-6/h16-17,26-31,37H,11-15,18-25,32H2,1-10H3/q+1/b17-16-/t37-,49-/m1/s1. The highest BCUT2D eigenvalue weighted by Gasteiger charge is 2.40. The van der Waals surface area contributed by atoms with E-state index in [0.717, 1.165) is 68.6 Å². The number of ether oxygens (including phenoxy) is 10. The lowest BCUT2D eigenvalue weighted by atomic mass is 9.86. The number of hydrogen-bond acceptors (Lipinski definition) is 13. The Labute approximate surface area is 362 Å². The van der Waals surface area contributed by atoms with Gasteiger partial charge in [0.2, 0.25) is 11.5 Å². The van der Waals surface area contributed by atoms with Gasteiger partial charge in [0.05, 0.1) is 90.2 Å². The summed E-state index contributed by atoms with van der Waals surface area (Å²) in [5.74, 6) is 3.66. The largest absolute Gasteiger partial charge is 0.493 e. The van der Waals surface area contributed by atoms with E-state index in [1.165, 1.54) is 11.1 Å². The first-order valence-electron chi connectivity index (χ1n) is 20.9. The topological polar surface area (TPSA) is 130 Å².